The number of carbonyl (C=O) groups is 2. The van der Waals surface area contributed by atoms with Crippen LogP contribution in [-0.4, -0.2) is 39.6 Å². The molecule has 1 atom stereocenters. The Labute approximate surface area is 151 Å². The molecule has 2 aliphatic rings. The first-order chi connectivity index (χ1) is 12.6. The predicted molar refractivity (Wildman–Crippen MR) is 94.2 cm³/mol. The van der Waals surface area contributed by atoms with Gasteiger partial charge in [-0.2, -0.15) is 5.10 Å². The molecule has 2 aromatic rings. The van der Waals surface area contributed by atoms with Gasteiger partial charge in [0.2, 0.25) is 11.8 Å². The molecule has 7 heteroatoms. The van der Waals surface area contributed by atoms with Crippen molar-refractivity contribution in [3.63, 3.8) is 0 Å². The minimum Gasteiger partial charge on any atom is -0.342 e. The van der Waals surface area contributed by atoms with Crippen LogP contribution in [-0.2, 0) is 9.59 Å². The summed E-state index contributed by atoms with van der Waals surface area (Å²) in [5.74, 6) is -0.525. The lowest BCUT2D eigenvalue weighted by atomic mass is 9.96. The molecule has 0 unspecified atom stereocenters. The highest BCUT2D eigenvalue weighted by Crippen LogP contribution is 2.32. The van der Waals surface area contributed by atoms with Gasteiger partial charge in [0.15, 0.2) is 5.82 Å². The zero-order chi connectivity index (χ0) is 18.1. The summed E-state index contributed by atoms with van der Waals surface area (Å²) in [6, 6.07) is 6.26. The van der Waals surface area contributed by atoms with E-state index in [4.69, 9.17) is 0 Å². The number of piperidine rings is 1. The number of halogens is 1. The molecule has 2 amide bonds. The molecule has 1 N–H and O–H groups in total. The quantitative estimate of drug-likeness (QED) is 0.916. The Balaban J connectivity index is 1.41. The molecule has 2 heterocycles. The maximum atomic E-state index is 14.3. The van der Waals surface area contributed by atoms with Gasteiger partial charge in [-0.25, -0.2) is 9.07 Å². The summed E-state index contributed by atoms with van der Waals surface area (Å²) in [5.41, 5.74) is 0.737. The number of rotatable bonds is 4. The van der Waals surface area contributed by atoms with E-state index in [9.17, 15) is 14.0 Å². The minimum absolute atomic E-state index is 0.162. The van der Waals surface area contributed by atoms with Crippen LogP contribution in [0.5, 0.6) is 0 Å². The summed E-state index contributed by atoms with van der Waals surface area (Å²) in [4.78, 5) is 26.6. The fraction of sp³-hybridized carbons (Fsp3) is 0.421. The predicted octanol–water partition coefficient (Wildman–Crippen LogP) is 2.60. The zero-order valence-corrected chi connectivity index (χ0v) is 14.4. The number of aromatic nitrogens is 2. The highest BCUT2D eigenvalue weighted by molar-refractivity contribution is 5.93. The van der Waals surface area contributed by atoms with Gasteiger partial charge >= 0.3 is 0 Å². The lowest BCUT2D eigenvalue weighted by Gasteiger charge is -2.32. The SMILES string of the molecule is O=C(Nc1ccc(-n2cccn2)c(F)c1)[C@H]1CCCN(C(=O)C2CC2)C1. The van der Waals surface area contributed by atoms with Crippen molar-refractivity contribution in [2.24, 2.45) is 11.8 Å². The van der Waals surface area contributed by atoms with Crippen molar-refractivity contribution in [3.8, 4) is 5.69 Å². The number of hydrogen-bond donors (Lipinski definition) is 1. The van der Waals surface area contributed by atoms with E-state index < -0.39 is 5.82 Å². The van der Waals surface area contributed by atoms with Crippen molar-refractivity contribution in [2.45, 2.75) is 25.7 Å². The summed E-state index contributed by atoms with van der Waals surface area (Å²) in [7, 11) is 0. The van der Waals surface area contributed by atoms with Crippen LogP contribution in [0, 0.1) is 17.7 Å². The van der Waals surface area contributed by atoms with Crippen LogP contribution in [0.25, 0.3) is 5.69 Å². The molecule has 136 valence electrons. The van der Waals surface area contributed by atoms with Crippen LogP contribution >= 0.6 is 0 Å². The molecule has 2 fully saturated rings. The van der Waals surface area contributed by atoms with E-state index >= 15 is 0 Å². The van der Waals surface area contributed by atoms with E-state index in [0.29, 0.717) is 17.9 Å². The number of benzene rings is 1. The minimum atomic E-state index is -0.458. The van der Waals surface area contributed by atoms with Crippen LogP contribution in [0.4, 0.5) is 10.1 Å². The molecule has 0 spiro atoms. The van der Waals surface area contributed by atoms with Crippen molar-refractivity contribution in [3.05, 3.63) is 42.5 Å². The maximum absolute atomic E-state index is 14.3. The van der Waals surface area contributed by atoms with E-state index in [-0.39, 0.29) is 23.7 Å². The Morgan fingerprint density at radius 3 is 2.73 bits per heavy atom. The third-order valence-corrected chi connectivity index (χ3v) is 5.00. The van der Waals surface area contributed by atoms with Gasteiger partial charge in [-0.15, -0.1) is 0 Å². The largest absolute Gasteiger partial charge is 0.342 e. The Bertz CT molecular complexity index is 817. The first-order valence-electron chi connectivity index (χ1n) is 9.01. The normalized spacial score (nSPS) is 20.0. The summed E-state index contributed by atoms with van der Waals surface area (Å²) in [5, 5.41) is 6.79. The van der Waals surface area contributed by atoms with Crippen LogP contribution < -0.4 is 5.32 Å². The smallest absolute Gasteiger partial charge is 0.229 e. The van der Waals surface area contributed by atoms with Crippen molar-refractivity contribution in [1.29, 1.82) is 0 Å². The lowest BCUT2D eigenvalue weighted by molar-refractivity contribution is -0.135. The van der Waals surface area contributed by atoms with E-state index in [1.807, 2.05) is 4.90 Å². The number of likely N-dealkylation sites (tertiary alicyclic amines) is 1. The third kappa shape index (κ3) is 3.47. The van der Waals surface area contributed by atoms with E-state index in [0.717, 1.165) is 32.2 Å². The lowest BCUT2D eigenvalue weighted by Crippen LogP contribution is -2.44. The number of nitrogens with zero attached hydrogens (tertiary/aromatic N) is 3. The fourth-order valence-corrected chi connectivity index (χ4v) is 3.41. The molecule has 0 radical (unpaired) electrons. The Morgan fingerprint density at radius 1 is 1.19 bits per heavy atom. The highest BCUT2D eigenvalue weighted by Gasteiger charge is 2.36. The van der Waals surface area contributed by atoms with Crippen molar-refractivity contribution < 1.29 is 14.0 Å². The van der Waals surface area contributed by atoms with Crippen LogP contribution in [0.2, 0.25) is 0 Å². The zero-order valence-electron chi connectivity index (χ0n) is 14.4. The van der Waals surface area contributed by atoms with E-state index in [2.05, 4.69) is 10.4 Å². The summed E-state index contributed by atoms with van der Waals surface area (Å²) in [6.07, 6.45) is 6.73. The molecular formula is C19H21FN4O2. The standard InChI is InChI=1S/C19H21FN4O2/c20-16-11-15(6-7-17(16)24-10-2-8-21-24)22-18(25)14-3-1-9-23(12-14)19(26)13-4-5-13/h2,6-8,10-11,13-14H,1,3-5,9,12H2,(H,22,25)/t14-/m0/s1. The van der Waals surface area contributed by atoms with Crippen molar-refractivity contribution in [1.82, 2.24) is 14.7 Å². The molecule has 4 rings (SSSR count). The molecule has 6 nitrogen and oxygen atoms in total. The van der Waals surface area contributed by atoms with Gasteiger partial charge < -0.3 is 10.2 Å². The first-order valence-corrected chi connectivity index (χ1v) is 9.01. The van der Waals surface area contributed by atoms with Crippen LogP contribution in [0.1, 0.15) is 25.7 Å². The Kier molecular flexibility index (Phi) is 4.44. The first kappa shape index (κ1) is 16.8. The Hall–Kier alpha value is -2.70. The second kappa shape index (κ2) is 6.90. The van der Waals surface area contributed by atoms with Gasteiger partial charge in [0.25, 0.3) is 0 Å². The van der Waals surface area contributed by atoms with Gasteiger partial charge in [-0.1, -0.05) is 0 Å². The number of carbonyl (C=O) groups excluding carboxylic acids is 2. The van der Waals surface area contributed by atoms with E-state index in [1.165, 1.54) is 10.7 Å². The summed E-state index contributed by atoms with van der Waals surface area (Å²) in [6.45, 7) is 1.18. The van der Waals surface area contributed by atoms with Crippen LogP contribution in [0.15, 0.2) is 36.7 Å². The molecule has 1 aromatic heterocycles. The second-order valence-electron chi connectivity index (χ2n) is 7.00. The number of nitrogens with one attached hydrogen (secondary N) is 1. The number of amides is 2. The molecule has 1 aromatic carbocycles. The van der Waals surface area contributed by atoms with Gasteiger partial charge in [0.05, 0.1) is 5.92 Å². The van der Waals surface area contributed by atoms with E-state index in [1.54, 1.807) is 30.6 Å². The number of hydrogen-bond acceptors (Lipinski definition) is 3. The monoisotopic (exact) mass is 356 g/mol. The summed E-state index contributed by atoms with van der Waals surface area (Å²) >= 11 is 0. The molecule has 1 aliphatic carbocycles. The van der Waals surface area contributed by atoms with Crippen LogP contribution in [0.3, 0.4) is 0 Å². The maximum Gasteiger partial charge on any atom is 0.229 e. The average molecular weight is 356 g/mol. The van der Waals surface area contributed by atoms with Gasteiger partial charge in [0, 0.05) is 37.1 Å². The van der Waals surface area contributed by atoms with Gasteiger partial charge in [-0.3, -0.25) is 9.59 Å². The molecule has 1 saturated carbocycles. The molecule has 0 bridgehead atoms. The van der Waals surface area contributed by atoms with Gasteiger partial charge in [-0.05, 0) is 49.9 Å². The Morgan fingerprint density at radius 2 is 2.04 bits per heavy atom. The molecule has 1 saturated heterocycles. The highest BCUT2D eigenvalue weighted by atomic mass is 19.1. The summed E-state index contributed by atoms with van der Waals surface area (Å²) < 4.78 is 15.7. The molecular weight excluding hydrogens is 335 g/mol. The molecule has 1 aliphatic heterocycles. The average Bonchev–Trinajstić information content (AvgIpc) is 3.36. The van der Waals surface area contributed by atoms with Gasteiger partial charge in [0.1, 0.15) is 5.69 Å². The van der Waals surface area contributed by atoms with Crippen molar-refractivity contribution in [2.75, 3.05) is 18.4 Å². The third-order valence-electron chi connectivity index (χ3n) is 5.00. The topological polar surface area (TPSA) is 67.2 Å². The second-order valence-corrected chi connectivity index (χ2v) is 7.00. The fourth-order valence-electron chi connectivity index (χ4n) is 3.41. The van der Waals surface area contributed by atoms with Crippen molar-refractivity contribution >= 4 is 17.5 Å². The molecule has 26 heavy (non-hydrogen) atoms. The number of anilines is 1.